The molecule has 0 amide bonds. The summed E-state index contributed by atoms with van der Waals surface area (Å²) in [6, 6.07) is 14.5. The summed E-state index contributed by atoms with van der Waals surface area (Å²) < 4.78 is 7.88. The smallest absolute Gasteiger partial charge is 0.251 e. The Labute approximate surface area is 197 Å². The Bertz CT molecular complexity index is 1410. The summed E-state index contributed by atoms with van der Waals surface area (Å²) in [4.78, 5) is 4.01. The van der Waals surface area contributed by atoms with E-state index in [1.165, 1.54) is 0 Å². The fourth-order valence-electron chi connectivity index (χ4n) is 3.41. The maximum absolute atomic E-state index is 6.84. The largest absolute Gasteiger partial charge is 0.416 e. The van der Waals surface area contributed by atoms with E-state index in [-0.39, 0.29) is 0 Å². The van der Waals surface area contributed by atoms with Crippen LogP contribution >= 0.6 is 46.4 Å². The minimum absolute atomic E-state index is 0.296. The molecule has 9 heteroatoms. The zero-order valence-corrected chi connectivity index (χ0v) is 18.7. The van der Waals surface area contributed by atoms with Crippen LogP contribution in [0.3, 0.4) is 0 Å². The standard InChI is InChI=1S/C22H12Cl4N4O/c23-14-3-4-18-16(9-14)19(22-29-28-21(31-22)12-5-7-27-8-6-12)20(26)30(18)11-13-1-2-15(24)10-17(13)25/h1-10H,11H2. The SMILES string of the molecule is Clc1ccc(Cn2c(Cl)c(-c3nnc(-c4ccncc4)o3)c3cc(Cl)ccc32)c(Cl)c1. The molecule has 0 unspecified atom stereocenters. The summed E-state index contributed by atoms with van der Waals surface area (Å²) in [5.74, 6) is 0.669. The highest BCUT2D eigenvalue weighted by atomic mass is 35.5. The number of halogens is 4. The molecule has 0 saturated heterocycles. The van der Waals surface area contributed by atoms with E-state index in [0.29, 0.717) is 44.1 Å². The van der Waals surface area contributed by atoms with E-state index < -0.39 is 0 Å². The van der Waals surface area contributed by atoms with Crippen molar-refractivity contribution in [2.45, 2.75) is 6.54 Å². The zero-order valence-electron chi connectivity index (χ0n) is 15.7. The summed E-state index contributed by atoms with van der Waals surface area (Å²) >= 11 is 25.6. The van der Waals surface area contributed by atoms with Crippen molar-refractivity contribution in [1.82, 2.24) is 19.7 Å². The predicted molar refractivity (Wildman–Crippen MR) is 124 cm³/mol. The van der Waals surface area contributed by atoms with E-state index in [1.807, 2.05) is 22.8 Å². The fourth-order valence-corrected chi connectivity index (χ4v) is 4.38. The maximum atomic E-state index is 6.84. The van der Waals surface area contributed by atoms with Crippen molar-refractivity contribution in [2.75, 3.05) is 0 Å². The van der Waals surface area contributed by atoms with Gasteiger partial charge in [-0.3, -0.25) is 4.98 Å². The topological polar surface area (TPSA) is 56.7 Å². The van der Waals surface area contributed by atoms with Gasteiger partial charge in [-0.15, -0.1) is 10.2 Å². The van der Waals surface area contributed by atoms with E-state index in [9.17, 15) is 0 Å². The van der Waals surface area contributed by atoms with Crippen molar-refractivity contribution in [3.63, 3.8) is 0 Å². The Hall–Kier alpha value is -2.57. The first-order valence-electron chi connectivity index (χ1n) is 9.16. The van der Waals surface area contributed by atoms with Gasteiger partial charge in [0.2, 0.25) is 5.89 Å². The number of hydrogen-bond acceptors (Lipinski definition) is 4. The van der Waals surface area contributed by atoms with Gasteiger partial charge in [0.15, 0.2) is 0 Å². The number of fused-ring (bicyclic) bond motifs is 1. The third kappa shape index (κ3) is 3.79. The summed E-state index contributed by atoms with van der Waals surface area (Å²) in [5, 5.41) is 11.3. The van der Waals surface area contributed by atoms with Crippen LogP contribution in [0.25, 0.3) is 33.8 Å². The van der Waals surface area contributed by atoms with Gasteiger partial charge in [0, 0.05) is 38.4 Å². The van der Waals surface area contributed by atoms with Gasteiger partial charge in [0.1, 0.15) is 5.15 Å². The predicted octanol–water partition coefficient (Wildman–Crippen LogP) is 7.42. The number of pyridine rings is 1. The van der Waals surface area contributed by atoms with Gasteiger partial charge in [-0.2, -0.15) is 0 Å². The number of hydrogen-bond donors (Lipinski definition) is 0. The van der Waals surface area contributed by atoms with Crippen molar-refractivity contribution in [3.05, 3.63) is 86.7 Å². The lowest BCUT2D eigenvalue weighted by Gasteiger charge is -2.09. The van der Waals surface area contributed by atoms with Crippen molar-refractivity contribution in [2.24, 2.45) is 0 Å². The van der Waals surface area contributed by atoms with Crippen LogP contribution in [-0.4, -0.2) is 19.7 Å². The van der Waals surface area contributed by atoms with Crippen molar-refractivity contribution in [3.8, 4) is 22.9 Å². The Kier molecular flexibility index (Phi) is 5.36. The van der Waals surface area contributed by atoms with Gasteiger partial charge in [-0.05, 0) is 48.0 Å². The molecule has 31 heavy (non-hydrogen) atoms. The average molecular weight is 490 g/mol. The quantitative estimate of drug-likeness (QED) is 0.263. The molecule has 0 radical (unpaired) electrons. The molecule has 3 aromatic heterocycles. The molecule has 0 aliphatic rings. The lowest BCUT2D eigenvalue weighted by molar-refractivity contribution is 0.585. The van der Waals surface area contributed by atoms with Crippen LogP contribution in [0.4, 0.5) is 0 Å². The van der Waals surface area contributed by atoms with Crippen molar-refractivity contribution in [1.29, 1.82) is 0 Å². The second-order valence-electron chi connectivity index (χ2n) is 6.80. The fraction of sp³-hybridized carbons (Fsp3) is 0.0455. The van der Waals surface area contributed by atoms with Gasteiger partial charge in [-0.25, -0.2) is 0 Å². The van der Waals surface area contributed by atoms with E-state index in [0.717, 1.165) is 22.0 Å². The molecule has 2 aromatic carbocycles. The molecule has 5 nitrogen and oxygen atoms in total. The van der Waals surface area contributed by atoms with Crippen LogP contribution in [-0.2, 0) is 6.54 Å². The second kappa shape index (κ2) is 8.17. The average Bonchev–Trinajstić information content (AvgIpc) is 3.33. The maximum Gasteiger partial charge on any atom is 0.251 e. The molecule has 0 atom stereocenters. The third-order valence-corrected chi connectivity index (χ3v) is 6.09. The summed E-state index contributed by atoms with van der Waals surface area (Å²) in [6.45, 7) is 0.429. The molecule has 5 rings (SSSR count). The first kappa shape index (κ1) is 20.3. The molecule has 154 valence electrons. The van der Waals surface area contributed by atoms with Gasteiger partial charge < -0.3 is 8.98 Å². The Balaban J connectivity index is 1.66. The highest BCUT2D eigenvalue weighted by Crippen LogP contribution is 2.40. The first-order valence-corrected chi connectivity index (χ1v) is 10.7. The number of rotatable bonds is 4. The molecule has 0 aliphatic heterocycles. The molecule has 0 bridgehead atoms. The number of benzene rings is 2. The van der Waals surface area contributed by atoms with Crippen LogP contribution in [0.2, 0.25) is 20.2 Å². The summed E-state index contributed by atoms with van der Waals surface area (Å²) in [7, 11) is 0. The minimum Gasteiger partial charge on any atom is -0.416 e. The Morgan fingerprint density at radius 1 is 0.806 bits per heavy atom. The van der Waals surface area contributed by atoms with Gasteiger partial charge >= 0.3 is 0 Å². The third-order valence-electron chi connectivity index (χ3n) is 4.87. The molecule has 5 aromatic rings. The highest BCUT2D eigenvalue weighted by molar-refractivity contribution is 6.36. The number of aromatic nitrogens is 4. The van der Waals surface area contributed by atoms with Crippen molar-refractivity contribution < 1.29 is 4.42 Å². The van der Waals surface area contributed by atoms with E-state index in [2.05, 4.69) is 15.2 Å². The second-order valence-corrected chi connectivity index (χ2v) is 8.44. The Morgan fingerprint density at radius 3 is 2.29 bits per heavy atom. The van der Waals surface area contributed by atoms with E-state index in [4.69, 9.17) is 50.8 Å². The van der Waals surface area contributed by atoms with Crippen LogP contribution in [0, 0.1) is 0 Å². The van der Waals surface area contributed by atoms with Gasteiger partial charge in [-0.1, -0.05) is 52.5 Å². The summed E-state index contributed by atoms with van der Waals surface area (Å²) in [5.41, 5.74) is 3.10. The molecular formula is C22H12Cl4N4O. The molecule has 0 fully saturated rings. The van der Waals surface area contributed by atoms with Crippen molar-refractivity contribution >= 4 is 57.3 Å². The molecule has 0 saturated carbocycles. The lowest BCUT2D eigenvalue weighted by atomic mass is 10.2. The first-order chi connectivity index (χ1) is 15.0. The molecular weight excluding hydrogens is 478 g/mol. The van der Waals surface area contributed by atoms with Crippen LogP contribution in [0.1, 0.15) is 5.56 Å². The van der Waals surface area contributed by atoms with Crippen LogP contribution in [0.5, 0.6) is 0 Å². The van der Waals surface area contributed by atoms with E-state index in [1.54, 1.807) is 42.7 Å². The van der Waals surface area contributed by atoms with Crippen LogP contribution in [0.15, 0.2) is 65.3 Å². The van der Waals surface area contributed by atoms with E-state index >= 15 is 0 Å². The molecule has 0 spiro atoms. The normalized spacial score (nSPS) is 11.4. The zero-order chi connectivity index (χ0) is 21.5. The summed E-state index contributed by atoms with van der Waals surface area (Å²) in [6.07, 6.45) is 3.32. The lowest BCUT2D eigenvalue weighted by Crippen LogP contribution is -2.00. The van der Waals surface area contributed by atoms with Gasteiger partial charge in [0.05, 0.1) is 17.6 Å². The molecule has 3 heterocycles. The Morgan fingerprint density at radius 2 is 1.52 bits per heavy atom. The monoisotopic (exact) mass is 488 g/mol. The minimum atomic E-state index is 0.296. The van der Waals surface area contributed by atoms with Gasteiger partial charge in [0.25, 0.3) is 5.89 Å². The van der Waals surface area contributed by atoms with Crippen LogP contribution < -0.4 is 0 Å². The number of nitrogens with zero attached hydrogens (tertiary/aromatic N) is 4. The molecule has 0 aliphatic carbocycles. The highest BCUT2D eigenvalue weighted by Gasteiger charge is 2.23. The molecule has 0 N–H and O–H groups in total.